The molecule has 0 atom stereocenters. The highest BCUT2D eigenvalue weighted by Gasteiger charge is 2.21. The van der Waals surface area contributed by atoms with Gasteiger partial charge in [0.1, 0.15) is 0 Å². The van der Waals surface area contributed by atoms with Crippen LogP contribution in [0.3, 0.4) is 0 Å². The molecule has 0 unspecified atom stereocenters. The number of rotatable bonds is 7. The van der Waals surface area contributed by atoms with Crippen molar-refractivity contribution in [2.24, 2.45) is 0 Å². The first-order valence-electron chi connectivity index (χ1n) is 21.3. The molecule has 0 bridgehead atoms. The van der Waals surface area contributed by atoms with Crippen molar-refractivity contribution in [3.05, 3.63) is 243 Å². The van der Waals surface area contributed by atoms with Crippen molar-refractivity contribution in [1.29, 1.82) is 0 Å². The van der Waals surface area contributed by atoms with Crippen LogP contribution in [-0.2, 0) is 0 Å². The maximum Gasteiger partial charge on any atom is 0.0625 e. The van der Waals surface area contributed by atoms with E-state index in [2.05, 4.69) is 252 Å². The molecule has 0 saturated carbocycles. The third kappa shape index (κ3) is 6.04. The lowest BCUT2D eigenvalue weighted by atomic mass is 9.94. The SMILES string of the molecule is c1ccc(-c2ccc(-c3ccc(N(c4cccc(-c5cc6ccccc6c6c5c5ccccc5n6-c5ccccc5)c4)c4ccc5c(ccc6ccccc65)c4)cc3)cc2)cc1. The molecule has 1 aromatic heterocycles. The summed E-state index contributed by atoms with van der Waals surface area (Å²) < 4.78 is 2.45. The fourth-order valence-corrected chi connectivity index (χ4v) is 9.59. The molecule has 1 heterocycles. The Hall–Kier alpha value is -8.20. The van der Waals surface area contributed by atoms with E-state index in [-0.39, 0.29) is 0 Å². The van der Waals surface area contributed by atoms with E-state index in [0.29, 0.717) is 0 Å². The van der Waals surface area contributed by atoms with Crippen molar-refractivity contribution in [3.8, 4) is 39.1 Å². The average Bonchev–Trinajstić information content (AvgIpc) is 3.70. The van der Waals surface area contributed by atoms with Crippen LogP contribution in [0, 0.1) is 0 Å². The highest BCUT2D eigenvalue weighted by molar-refractivity contribution is 6.24. The second kappa shape index (κ2) is 14.8. The predicted octanol–water partition coefficient (Wildman–Crippen LogP) is 16.7. The molecule has 2 heteroatoms. The monoisotopic (exact) mass is 788 g/mol. The van der Waals surface area contributed by atoms with E-state index in [1.54, 1.807) is 0 Å². The molecule has 0 aliphatic rings. The van der Waals surface area contributed by atoms with Crippen LogP contribution in [0.15, 0.2) is 243 Å². The maximum absolute atomic E-state index is 2.45. The molecule has 12 aromatic rings. The second-order valence-electron chi connectivity index (χ2n) is 16.1. The maximum atomic E-state index is 2.45. The van der Waals surface area contributed by atoms with Crippen molar-refractivity contribution < 1.29 is 0 Å². The Kier molecular flexibility index (Phi) is 8.53. The Balaban J connectivity index is 1.03. The molecular formula is C60H40N2. The first kappa shape index (κ1) is 35.7. The summed E-state index contributed by atoms with van der Waals surface area (Å²) in [6.07, 6.45) is 0. The van der Waals surface area contributed by atoms with E-state index in [1.165, 1.54) is 87.5 Å². The molecule has 0 saturated heterocycles. The lowest BCUT2D eigenvalue weighted by Crippen LogP contribution is -2.10. The first-order valence-corrected chi connectivity index (χ1v) is 21.3. The molecule has 0 fully saturated rings. The molecule has 0 radical (unpaired) electrons. The van der Waals surface area contributed by atoms with Crippen molar-refractivity contribution >= 4 is 71.2 Å². The largest absolute Gasteiger partial charge is 0.310 e. The molecule has 0 amide bonds. The number of hydrogen-bond acceptors (Lipinski definition) is 1. The van der Waals surface area contributed by atoms with E-state index in [0.717, 1.165) is 22.7 Å². The predicted molar refractivity (Wildman–Crippen MR) is 264 cm³/mol. The quantitative estimate of drug-likeness (QED) is 0.146. The van der Waals surface area contributed by atoms with Gasteiger partial charge in [0.2, 0.25) is 0 Å². The number of hydrogen-bond donors (Lipinski definition) is 0. The van der Waals surface area contributed by atoms with Gasteiger partial charge in [-0.2, -0.15) is 0 Å². The lowest BCUT2D eigenvalue weighted by Gasteiger charge is -2.27. The summed E-state index contributed by atoms with van der Waals surface area (Å²) in [5.41, 5.74) is 14.1. The molecule has 0 aliphatic heterocycles. The van der Waals surface area contributed by atoms with E-state index in [1.807, 2.05) is 0 Å². The Morgan fingerprint density at radius 1 is 0.290 bits per heavy atom. The van der Waals surface area contributed by atoms with Crippen LogP contribution >= 0.6 is 0 Å². The van der Waals surface area contributed by atoms with E-state index >= 15 is 0 Å². The van der Waals surface area contributed by atoms with E-state index in [9.17, 15) is 0 Å². The Bertz CT molecular complexity index is 3600. The fourth-order valence-electron chi connectivity index (χ4n) is 9.59. The summed E-state index contributed by atoms with van der Waals surface area (Å²) in [5, 5.41) is 9.93. The van der Waals surface area contributed by atoms with E-state index < -0.39 is 0 Å². The van der Waals surface area contributed by atoms with Crippen LogP contribution in [0.25, 0.3) is 93.2 Å². The topological polar surface area (TPSA) is 8.17 Å². The average molecular weight is 789 g/mol. The third-order valence-corrected chi connectivity index (χ3v) is 12.5. The van der Waals surface area contributed by atoms with Gasteiger partial charge < -0.3 is 9.47 Å². The van der Waals surface area contributed by atoms with Crippen LogP contribution in [0.2, 0.25) is 0 Å². The van der Waals surface area contributed by atoms with Crippen LogP contribution in [-0.4, -0.2) is 4.57 Å². The minimum Gasteiger partial charge on any atom is -0.310 e. The van der Waals surface area contributed by atoms with Gasteiger partial charge >= 0.3 is 0 Å². The zero-order chi connectivity index (χ0) is 41.0. The van der Waals surface area contributed by atoms with Gasteiger partial charge in [-0.1, -0.05) is 182 Å². The van der Waals surface area contributed by atoms with Crippen molar-refractivity contribution in [1.82, 2.24) is 4.57 Å². The van der Waals surface area contributed by atoms with Crippen molar-refractivity contribution in [2.45, 2.75) is 0 Å². The standard InChI is InChI=1S/C60H40N2/c1-3-14-41(15-4-1)42-26-28-43(29-27-42)44-32-34-50(35-33-44)61(52-36-37-54-48(39-52)31-30-45-16-7-9-22-53(45)54)51-21-13-18-46(38-51)57-40-47-17-8-10-23-55(47)60-59(57)56-24-11-12-25-58(56)62(60)49-19-5-2-6-20-49/h1-40H. The summed E-state index contributed by atoms with van der Waals surface area (Å²) in [4.78, 5) is 2.41. The Labute approximate surface area is 360 Å². The van der Waals surface area contributed by atoms with Gasteiger partial charge in [-0.3, -0.25) is 0 Å². The number of anilines is 3. The van der Waals surface area contributed by atoms with Gasteiger partial charge in [0.15, 0.2) is 0 Å². The van der Waals surface area contributed by atoms with Crippen LogP contribution in [0.1, 0.15) is 0 Å². The van der Waals surface area contributed by atoms with Crippen molar-refractivity contribution in [3.63, 3.8) is 0 Å². The zero-order valence-corrected chi connectivity index (χ0v) is 34.0. The molecule has 0 N–H and O–H groups in total. The molecule has 62 heavy (non-hydrogen) atoms. The van der Waals surface area contributed by atoms with Gasteiger partial charge in [0.05, 0.1) is 11.0 Å². The first-order chi connectivity index (χ1) is 30.7. The zero-order valence-electron chi connectivity index (χ0n) is 34.0. The van der Waals surface area contributed by atoms with Gasteiger partial charge in [-0.15, -0.1) is 0 Å². The molecule has 11 aromatic carbocycles. The summed E-state index contributed by atoms with van der Waals surface area (Å²) in [6, 6.07) is 88.5. The van der Waals surface area contributed by atoms with Gasteiger partial charge in [-0.25, -0.2) is 0 Å². The van der Waals surface area contributed by atoms with Gasteiger partial charge in [-0.05, 0) is 121 Å². The number of aromatic nitrogens is 1. The molecule has 2 nitrogen and oxygen atoms in total. The third-order valence-electron chi connectivity index (χ3n) is 12.5. The minimum atomic E-state index is 1.09. The van der Waals surface area contributed by atoms with Crippen LogP contribution < -0.4 is 4.90 Å². The smallest absolute Gasteiger partial charge is 0.0625 e. The summed E-state index contributed by atoms with van der Waals surface area (Å²) in [5.74, 6) is 0. The summed E-state index contributed by atoms with van der Waals surface area (Å²) >= 11 is 0. The Morgan fingerprint density at radius 2 is 0.806 bits per heavy atom. The van der Waals surface area contributed by atoms with Gasteiger partial charge in [0.25, 0.3) is 0 Å². The van der Waals surface area contributed by atoms with Gasteiger partial charge in [0, 0.05) is 38.9 Å². The normalized spacial score (nSPS) is 11.5. The molecule has 290 valence electrons. The highest BCUT2D eigenvalue weighted by atomic mass is 15.1. The molecular weight excluding hydrogens is 749 g/mol. The summed E-state index contributed by atoms with van der Waals surface area (Å²) in [7, 11) is 0. The Morgan fingerprint density at radius 3 is 1.56 bits per heavy atom. The minimum absolute atomic E-state index is 1.09. The highest BCUT2D eigenvalue weighted by Crippen LogP contribution is 2.45. The molecule has 0 aliphatic carbocycles. The number of benzene rings is 11. The number of nitrogens with zero attached hydrogens (tertiary/aromatic N) is 2. The number of fused-ring (bicyclic) bond motifs is 8. The van der Waals surface area contributed by atoms with E-state index in [4.69, 9.17) is 0 Å². The van der Waals surface area contributed by atoms with Crippen LogP contribution in [0.4, 0.5) is 17.1 Å². The molecule has 12 rings (SSSR count). The number of para-hydroxylation sites is 2. The summed E-state index contributed by atoms with van der Waals surface area (Å²) in [6.45, 7) is 0. The molecule has 0 spiro atoms. The van der Waals surface area contributed by atoms with Crippen LogP contribution in [0.5, 0.6) is 0 Å². The second-order valence-corrected chi connectivity index (χ2v) is 16.1. The van der Waals surface area contributed by atoms with Crippen molar-refractivity contribution in [2.75, 3.05) is 4.90 Å². The fraction of sp³-hybridized carbons (Fsp3) is 0. The lowest BCUT2D eigenvalue weighted by molar-refractivity contribution is 1.19.